The Labute approximate surface area is 210 Å². The molecule has 0 aliphatic carbocycles. The van der Waals surface area contributed by atoms with Gasteiger partial charge in [-0.3, -0.25) is 4.68 Å². The monoisotopic (exact) mass is 495 g/mol. The van der Waals surface area contributed by atoms with Crippen molar-refractivity contribution in [2.24, 2.45) is 0 Å². The zero-order valence-corrected chi connectivity index (χ0v) is 21.9. The number of likely N-dealkylation sites (tertiary alicyclic amines) is 1. The number of rotatable bonds is 6. The van der Waals surface area contributed by atoms with Gasteiger partial charge in [-0.2, -0.15) is 15.5 Å². The molecule has 1 fully saturated rings. The van der Waals surface area contributed by atoms with E-state index in [4.69, 9.17) is 4.74 Å². The van der Waals surface area contributed by atoms with Crippen molar-refractivity contribution in [3.63, 3.8) is 0 Å². The Balaban J connectivity index is 1.57. The van der Waals surface area contributed by atoms with Gasteiger partial charge in [-0.05, 0) is 53.8 Å². The van der Waals surface area contributed by atoms with Crippen LogP contribution in [0.4, 0.5) is 4.79 Å². The van der Waals surface area contributed by atoms with E-state index in [-0.39, 0.29) is 12.1 Å². The minimum absolute atomic E-state index is 0.0950. The van der Waals surface area contributed by atoms with Gasteiger partial charge in [0.2, 0.25) is 0 Å². The third-order valence-corrected chi connectivity index (χ3v) is 6.86. The van der Waals surface area contributed by atoms with Crippen LogP contribution in [0, 0.1) is 11.3 Å². The van der Waals surface area contributed by atoms with Crippen LogP contribution in [0.5, 0.6) is 0 Å². The van der Waals surface area contributed by atoms with E-state index in [9.17, 15) is 10.1 Å². The van der Waals surface area contributed by atoms with Gasteiger partial charge in [-0.1, -0.05) is 0 Å². The number of piperidine rings is 1. The van der Waals surface area contributed by atoms with Gasteiger partial charge in [0, 0.05) is 53.8 Å². The van der Waals surface area contributed by atoms with Crippen molar-refractivity contribution >= 4 is 23.4 Å². The molecule has 186 valence electrons. The molecule has 0 unspecified atom stereocenters. The summed E-state index contributed by atoms with van der Waals surface area (Å²) < 4.78 is 9.31. The molecule has 0 N–H and O–H groups in total. The summed E-state index contributed by atoms with van der Waals surface area (Å²) in [5.41, 5.74) is 2.87. The molecule has 9 nitrogen and oxygen atoms in total. The summed E-state index contributed by atoms with van der Waals surface area (Å²) >= 11 is 1.73. The highest BCUT2D eigenvalue weighted by Crippen LogP contribution is 2.32. The second-order valence-electron chi connectivity index (χ2n) is 10.1. The van der Waals surface area contributed by atoms with Gasteiger partial charge in [0.25, 0.3) is 0 Å². The Morgan fingerprint density at radius 2 is 2.06 bits per heavy atom. The Morgan fingerprint density at radius 1 is 1.26 bits per heavy atom. The fourth-order valence-corrected chi connectivity index (χ4v) is 5.35. The largest absolute Gasteiger partial charge is 0.444 e. The highest BCUT2D eigenvalue weighted by atomic mass is 32.2. The first-order chi connectivity index (χ1) is 16.6. The second kappa shape index (κ2) is 10.3. The molecule has 0 radical (unpaired) electrons. The summed E-state index contributed by atoms with van der Waals surface area (Å²) in [6.45, 7) is 7.86. The van der Waals surface area contributed by atoms with Crippen molar-refractivity contribution < 1.29 is 9.53 Å². The molecule has 3 aromatic rings. The van der Waals surface area contributed by atoms with E-state index in [0.29, 0.717) is 18.7 Å². The number of amides is 1. The maximum absolute atomic E-state index is 12.6. The molecule has 3 aromatic heterocycles. The summed E-state index contributed by atoms with van der Waals surface area (Å²) in [5.74, 6) is 0.907. The molecular formula is C25H33N7O2S. The summed E-state index contributed by atoms with van der Waals surface area (Å²) in [7, 11) is 4.10. The maximum atomic E-state index is 12.6. The minimum Gasteiger partial charge on any atom is -0.444 e. The van der Waals surface area contributed by atoms with E-state index in [2.05, 4.69) is 41.3 Å². The van der Waals surface area contributed by atoms with Gasteiger partial charge in [0.1, 0.15) is 11.7 Å². The number of carbonyl (C=O) groups excluding carboxylic acids is 1. The lowest BCUT2D eigenvalue weighted by Crippen LogP contribution is -2.43. The number of nitriles is 1. The van der Waals surface area contributed by atoms with Crippen LogP contribution in [0.15, 0.2) is 35.7 Å². The zero-order chi connectivity index (χ0) is 25.2. The lowest BCUT2D eigenvalue weighted by Gasteiger charge is -2.34. The average Bonchev–Trinajstić information content (AvgIpc) is 3.45. The molecule has 1 aliphatic rings. The highest BCUT2D eigenvalue weighted by Gasteiger charge is 2.29. The Bertz CT molecular complexity index is 1230. The fraction of sp³-hybridized carbons (Fsp3) is 0.520. The van der Waals surface area contributed by atoms with Crippen molar-refractivity contribution in [2.45, 2.75) is 50.2 Å². The van der Waals surface area contributed by atoms with Crippen LogP contribution in [0.25, 0.3) is 16.6 Å². The molecule has 10 heteroatoms. The van der Waals surface area contributed by atoms with Crippen molar-refractivity contribution in [1.29, 1.82) is 5.26 Å². The molecular weight excluding hydrogens is 462 g/mol. The van der Waals surface area contributed by atoms with E-state index in [1.165, 1.54) is 0 Å². The predicted octanol–water partition coefficient (Wildman–Crippen LogP) is 4.30. The fourth-order valence-electron chi connectivity index (χ4n) is 4.12. The first-order valence-electron chi connectivity index (χ1n) is 11.9. The van der Waals surface area contributed by atoms with Crippen molar-refractivity contribution in [1.82, 2.24) is 29.2 Å². The van der Waals surface area contributed by atoms with Crippen LogP contribution >= 0.6 is 11.8 Å². The molecule has 1 aliphatic heterocycles. The molecule has 0 saturated carbocycles. The number of fused-ring (bicyclic) bond motifs is 1. The molecule has 0 aromatic carbocycles. The van der Waals surface area contributed by atoms with E-state index in [0.717, 1.165) is 46.7 Å². The van der Waals surface area contributed by atoms with Crippen LogP contribution in [-0.2, 0) is 4.74 Å². The van der Waals surface area contributed by atoms with Gasteiger partial charge in [-0.15, -0.1) is 11.8 Å². The Kier molecular flexibility index (Phi) is 7.38. The molecule has 0 spiro atoms. The van der Waals surface area contributed by atoms with Crippen molar-refractivity contribution in [3.05, 3.63) is 36.4 Å². The van der Waals surface area contributed by atoms with E-state index < -0.39 is 5.60 Å². The molecule has 4 heterocycles. The van der Waals surface area contributed by atoms with Crippen LogP contribution in [-0.4, -0.2) is 80.4 Å². The first-order valence-corrected chi connectivity index (χ1v) is 12.8. The molecule has 35 heavy (non-hydrogen) atoms. The Hall–Kier alpha value is -3.03. The highest BCUT2D eigenvalue weighted by molar-refractivity contribution is 7.99. The van der Waals surface area contributed by atoms with Gasteiger partial charge < -0.3 is 14.5 Å². The third kappa shape index (κ3) is 5.97. The topological polar surface area (TPSA) is 91.7 Å². The average molecular weight is 496 g/mol. The smallest absolute Gasteiger partial charge is 0.410 e. The summed E-state index contributed by atoms with van der Waals surface area (Å²) in [5, 5.41) is 18.6. The van der Waals surface area contributed by atoms with Crippen LogP contribution < -0.4 is 0 Å². The van der Waals surface area contributed by atoms with Crippen LogP contribution in [0.3, 0.4) is 0 Å². The second-order valence-corrected chi connectivity index (χ2v) is 11.3. The Morgan fingerprint density at radius 3 is 2.77 bits per heavy atom. The number of pyridine rings is 1. The maximum Gasteiger partial charge on any atom is 0.410 e. The number of carbonyl (C=O) groups is 1. The third-order valence-electron chi connectivity index (χ3n) is 5.85. The lowest BCUT2D eigenvalue weighted by molar-refractivity contribution is 0.0167. The van der Waals surface area contributed by atoms with Crippen LogP contribution in [0.2, 0.25) is 0 Å². The number of thioether (sulfide) groups is 1. The van der Waals surface area contributed by atoms with Crippen molar-refractivity contribution in [2.75, 3.05) is 39.5 Å². The standard InChI is InChI=1S/C25H33N7O2S/c1-25(2,3)34-24(33)30-8-6-7-21(17-30)31-16-20(14-27-31)18-11-22(35-10-9-29(4)5)23-19(12-26)13-28-32(23)15-18/h11,13-16,21H,6-10,17H2,1-5H3/t21-/m0/s1. The molecule has 0 bridgehead atoms. The molecule has 1 atom stereocenters. The number of hydrogen-bond acceptors (Lipinski definition) is 7. The first kappa shape index (κ1) is 25.1. The number of aromatic nitrogens is 4. The molecule has 4 rings (SSSR count). The minimum atomic E-state index is -0.512. The predicted molar refractivity (Wildman–Crippen MR) is 136 cm³/mol. The summed E-state index contributed by atoms with van der Waals surface area (Å²) in [6, 6.07) is 4.47. The quantitative estimate of drug-likeness (QED) is 0.471. The van der Waals surface area contributed by atoms with E-state index >= 15 is 0 Å². The van der Waals surface area contributed by atoms with Gasteiger partial charge in [-0.25, -0.2) is 9.31 Å². The van der Waals surface area contributed by atoms with Gasteiger partial charge >= 0.3 is 6.09 Å². The van der Waals surface area contributed by atoms with E-state index in [1.54, 1.807) is 27.4 Å². The van der Waals surface area contributed by atoms with E-state index in [1.807, 2.05) is 44.0 Å². The number of hydrogen-bond donors (Lipinski definition) is 0. The van der Waals surface area contributed by atoms with Crippen molar-refractivity contribution in [3.8, 4) is 17.2 Å². The summed E-state index contributed by atoms with van der Waals surface area (Å²) in [6.07, 6.45) is 9.04. The van der Waals surface area contributed by atoms with Crippen LogP contribution in [0.1, 0.15) is 45.2 Å². The number of ether oxygens (including phenoxy) is 1. The van der Waals surface area contributed by atoms with Gasteiger partial charge in [0.15, 0.2) is 0 Å². The zero-order valence-electron chi connectivity index (χ0n) is 21.1. The molecule has 1 amide bonds. The summed E-state index contributed by atoms with van der Waals surface area (Å²) in [4.78, 5) is 17.5. The lowest BCUT2D eigenvalue weighted by atomic mass is 10.1. The molecule has 1 saturated heterocycles. The van der Waals surface area contributed by atoms with Gasteiger partial charge in [0.05, 0.1) is 29.5 Å². The normalized spacial score (nSPS) is 16.6. The SMILES string of the molecule is CN(C)CCSc1cc(-c2cnn([C@H]3CCCN(C(=O)OC(C)(C)C)C3)c2)cn2ncc(C#N)c12. The number of nitrogens with zero attached hydrogens (tertiary/aromatic N) is 7.